The molecule has 0 radical (unpaired) electrons. The van der Waals surface area contributed by atoms with Gasteiger partial charge in [0.15, 0.2) is 11.0 Å². The van der Waals surface area contributed by atoms with Gasteiger partial charge < -0.3 is 0 Å². The molecule has 0 saturated heterocycles. The molecule has 0 aliphatic rings. The second-order valence-electron chi connectivity index (χ2n) is 8.81. The number of nitrogens with one attached hydrogen (secondary N) is 1. The molecule has 2 aromatic heterocycles. The SMILES string of the molecule is CC(C)(C)c1ccc(/C=N/NC(=O)CSc2nnc(-c3ccncc3)n2-c2ccc(Cl)cc2)cc1. The van der Waals surface area contributed by atoms with Gasteiger partial charge in [0.05, 0.1) is 12.0 Å². The number of hydrogen-bond donors (Lipinski definition) is 1. The number of carbonyl (C=O) groups is 1. The van der Waals surface area contributed by atoms with Crippen molar-refractivity contribution in [2.75, 3.05) is 5.75 Å². The molecule has 0 aliphatic carbocycles. The molecule has 0 aliphatic heterocycles. The lowest BCUT2D eigenvalue weighted by molar-refractivity contribution is -0.118. The first-order chi connectivity index (χ1) is 16.8. The summed E-state index contributed by atoms with van der Waals surface area (Å²) in [7, 11) is 0. The largest absolute Gasteiger partial charge is 0.272 e. The van der Waals surface area contributed by atoms with Crippen molar-refractivity contribution in [3.05, 3.63) is 89.2 Å². The van der Waals surface area contributed by atoms with Crippen LogP contribution in [0.25, 0.3) is 17.1 Å². The van der Waals surface area contributed by atoms with Crippen molar-refractivity contribution in [3.63, 3.8) is 0 Å². The number of carbonyl (C=O) groups excluding carboxylic acids is 1. The molecule has 178 valence electrons. The van der Waals surface area contributed by atoms with Crippen LogP contribution in [-0.2, 0) is 10.2 Å². The van der Waals surface area contributed by atoms with Crippen molar-refractivity contribution in [3.8, 4) is 17.1 Å². The van der Waals surface area contributed by atoms with E-state index in [-0.39, 0.29) is 17.1 Å². The van der Waals surface area contributed by atoms with E-state index in [0.29, 0.717) is 16.0 Å². The van der Waals surface area contributed by atoms with Crippen LogP contribution in [0.4, 0.5) is 0 Å². The van der Waals surface area contributed by atoms with Crippen LogP contribution in [0, 0.1) is 0 Å². The number of hydrogen-bond acceptors (Lipinski definition) is 6. The Kier molecular flexibility index (Phi) is 7.63. The molecule has 7 nitrogen and oxygen atoms in total. The highest BCUT2D eigenvalue weighted by Gasteiger charge is 2.17. The highest BCUT2D eigenvalue weighted by molar-refractivity contribution is 7.99. The van der Waals surface area contributed by atoms with Crippen LogP contribution in [0.3, 0.4) is 0 Å². The number of rotatable bonds is 7. The van der Waals surface area contributed by atoms with E-state index in [4.69, 9.17) is 11.6 Å². The highest BCUT2D eigenvalue weighted by atomic mass is 35.5. The van der Waals surface area contributed by atoms with E-state index in [0.717, 1.165) is 16.8 Å². The van der Waals surface area contributed by atoms with Crippen LogP contribution < -0.4 is 5.43 Å². The van der Waals surface area contributed by atoms with E-state index in [2.05, 4.69) is 58.6 Å². The summed E-state index contributed by atoms with van der Waals surface area (Å²) >= 11 is 7.35. The number of amides is 1. The number of benzene rings is 2. The first-order valence-corrected chi connectivity index (χ1v) is 12.3. The van der Waals surface area contributed by atoms with Crippen LogP contribution in [0.15, 0.2) is 83.3 Å². The number of nitrogens with zero attached hydrogens (tertiary/aromatic N) is 5. The summed E-state index contributed by atoms with van der Waals surface area (Å²) < 4.78 is 1.89. The van der Waals surface area contributed by atoms with Gasteiger partial charge >= 0.3 is 0 Å². The minimum absolute atomic E-state index is 0.0882. The predicted molar refractivity (Wildman–Crippen MR) is 141 cm³/mol. The van der Waals surface area contributed by atoms with Crippen LogP contribution in [0.1, 0.15) is 31.9 Å². The fourth-order valence-corrected chi connectivity index (χ4v) is 4.15. The van der Waals surface area contributed by atoms with Crippen LogP contribution in [0.5, 0.6) is 0 Å². The summed E-state index contributed by atoms with van der Waals surface area (Å²) in [6.45, 7) is 6.51. The van der Waals surface area contributed by atoms with Crippen LogP contribution in [0.2, 0.25) is 5.02 Å². The number of hydrazone groups is 1. The topological polar surface area (TPSA) is 85.1 Å². The molecule has 0 unspecified atom stereocenters. The van der Waals surface area contributed by atoms with Gasteiger partial charge in [0.1, 0.15) is 0 Å². The highest BCUT2D eigenvalue weighted by Crippen LogP contribution is 2.28. The zero-order valence-electron chi connectivity index (χ0n) is 19.6. The Morgan fingerprint density at radius 2 is 1.71 bits per heavy atom. The zero-order valence-corrected chi connectivity index (χ0v) is 21.2. The summed E-state index contributed by atoms with van der Waals surface area (Å²) in [5.41, 5.74) is 6.52. The molecule has 4 rings (SSSR count). The third-order valence-electron chi connectivity index (χ3n) is 5.17. The van der Waals surface area contributed by atoms with Crippen molar-refractivity contribution >= 4 is 35.5 Å². The summed E-state index contributed by atoms with van der Waals surface area (Å²) in [5.74, 6) is 0.533. The first-order valence-electron chi connectivity index (χ1n) is 11.0. The molecule has 0 fully saturated rings. The van der Waals surface area contributed by atoms with Gasteiger partial charge in [-0.2, -0.15) is 5.10 Å². The Morgan fingerprint density at radius 3 is 2.37 bits per heavy atom. The minimum Gasteiger partial charge on any atom is -0.272 e. The first kappa shape index (κ1) is 24.6. The minimum atomic E-state index is -0.242. The fraction of sp³-hybridized carbons (Fsp3) is 0.192. The van der Waals surface area contributed by atoms with E-state index < -0.39 is 0 Å². The van der Waals surface area contributed by atoms with Gasteiger partial charge in [-0.1, -0.05) is 68.4 Å². The van der Waals surface area contributed by atoms with Crippen LogP contribution in [-0.4, -0.2) is 37.6 Å². The van der Waals surface area contributed by atoms with E-state index in [1.54, 1.807) is 30.7 Å². The van der Waals surface area contributed by atoms with E-state index in [1.807, 2.05) is 41.0 Å². The molecule has 0 spiro atoms. The smallest absolute Gasteiger partial charge is 0.250 e. The molecule has 4 aromatic rings. The molecule has 35 heavy (non-hydrogen) atoms. The average molecular weight is 505 g/mol. The normalized spacial score (nSPS) is 11.7. The fourth-order valence-electron chi connectivity index (χ4n) is 3.28. The second kappa shape index (κ2) is 10.8. The Bertz CT molecular complexity index is 1310. The number of aromatic nitrogens is 4. The van der Waals surface area contributed by atoms with Gasteiger partial charge in [0.25, 0.3) is 5.91 Å². The quantitative estimate of drug-likeness (QED) is 0.203. The number of halogens is 1. The average Bonchev–Trinajstić information content (AvgIpc) is 3.27. The van der Waals surface area contributed by atoms with E-state index >= 15 is 0 Å². The van der Waals surface area contributed by atoms with Gasteiger partial charge in [0.2, 0.25) is 0 Å². The molecule has 0 bridgehead atoms. The Balaban J connectivity index is 1.44. The van der Waals surface area contributed by atoms with Gasteiger partial charge in [-0.15, -0.1) is 10.2 Å². The summed E-state index contributed by atoms with van der Waals surface area (Å²) in [6.07, 6.45) is 5.03. The summed E-state index contributed by atoms with van der Waals surface area (Å²) in [4.78, 5) is 16.5. The van der Waals surface area contributed by atoms with Crippen molar-refractivity contribution in [2.45, 2.75) is 31.3 Å². The standard InChI is InChI=1S/C26H25ClN6OS/c1-26(2,3)20-6-4-18(5-7-20)16-29-30-23(34)17-35-25-32-31-24(19-12-14-28-15-13-19)33(25)22-10-8-21(27)9-11-22/h4-16H,17H2,1-3H3,(H,30,34)/b29-16+. The van der Waals surface area contributed by atoms with Gasteiger partial charge in [0, 0.05) is 28.7 Å². The maximum atomic E-state index is 12.4. The van der Waals surface area contributed by atoms with Crippen molar-refractivity contribution in [1.29, 1.82) is 0 Å². The van der Waals surface area contributed by atoms with E-state index in [9.17, 15) is 4.79 Å². The molecule has 0 atom stereocenters. The lowest BCUT2D eigenvalue weighted by atomic mass is 9.87. The third-order valence-corrected chi connectivity index (χ3v) is 6.35. The van der Waals surface area contributed by atoms with Crippen molar-refractivity contribution in [2.24, 2.45) is 5.10 Å². The van der Waals surface area contributed by atoms with Gasteiger partial charge in [-0.25, -0.2) is 5.43 Å². The summed E-state index contributed by atoms with van der Waals surface area (Å²) in [6, 6.07) is 19.2. The molecule has 2 aromatic carbocycles. The third kappa shape index (κ3) is 6.35. The molecule has 2 heterocycles. The van der Waals surface area contributed by atoms with E-state index in [1.165, 1.54) is 17.3 Å². The van der Waals surface area contributed by atoms with Crippen molar-refractivity contribution < 1.29 is 4.79 Å². The molecule has 9 heteroatoms. The Labute approximate surface area is 213 Å². The number of thioether (sulfide) groups is 1. The maximum absolute atomic E-state index is 12.4. The zero-order chi connectivity index (χ0) is 24.8. The summed E-state index contributed by atoms with van der Waals surface area (Å²) in [5, 5.41) is 14.0. The Morgan fingerprint density at radius 1 is 1.03 bits per heavy atom. The van der Waals surface area contributed by atoms with Crippen LogP contribution >= 0.6 is 23.4 Å². The molecular formula is C26H25ClN6OS. The van der Waals surface area contributed by atoms with Crippen molar-refractivity contribution in [1.82, 2.24) is 25.2 Å². The molecule has 1 amide bonds. The maximum Gasteiger partial charge on any atom is 0.250 e. The van der Waals surface area contributed by atoms with Gasteiger partial charge in [-0.3, -0.25) is 14.3 Å². The number of pyridine rings is 1. The predicted octanol–water partition coefficient (Wildman–Crippen LogP) is 5.52. The molecule has 0 saturated carbocycles. The molecular weight excluding hydrogens is 480 g/mol. The lowest BCUT2D eigenvalue weighted by Crippen LogP contribution is -2.20. The molecule has 1 N–H and O–H groups in total. The lowest BCUT2D eigenvalue weighted by Gasteiger charge is -2.18. The Hall–Kier alpha value is -3.49. The van der Waals surface area contributed by atoms with Gasteiger partial charge in [-0.05, 0) is 52.9 Å². The second-order valence-corrected chi connectivity index (χ2v) is 10.2. The monoisotopic (exact) mass is 504 g/mol.